The van der Waals surface area contributed by atoms with Crippen LogP contribution in [-0.2, 0) is 6.42 Å². The molecule has 0 aliphatic carbocycles. The summed E-state index contributed by atoms with van der Waals surface area (Å²) in [5.41, 5.74) is 4.78. The van der Waals surface area contributed by atoms with Crippen LogP contribution in [0.2, 0.25) is 0 Å². The highest BCUT2D eigenvalue weighted by atomic mass is 15.1. The number of hydrogen-bond acceptors (Lipinski definition) is 3. The number of hydrogen-bond donors (Lipinski definition) is 0. The Morgan fingerprint density at radius 1 is 1.14 bits per heavy atom. The summed E-state index contributed by atoms with van der Waals surface area (Å²) in [7, 11) is 2.19. The van der Waals surface area contributed by atoms with E-state index in [1.165, 1.54) is 30.5 Å². The topological polar surface area (TPSA) is 29.0 Å². The quantitative estimate of drug-likeness (QED) is 0.865. The lowest BCUT2D eigenvalue weighted by molar-refractivity contribution is 0.248. The minimum absolute atomic E-state index is 0.546. The number of benzene rings is 1. The van der Waals surface area contributed by atoms with E-state index in [2.05, 4.69) is 53.1 Å². The Morgan fingerprint density at radius 2 is 1.95 bits per heavy atom. The Bertz CT molecular complexity index is 574. The summed E-state index contributed by atoms with van der Waals surface area (Å²) < 4.78 is 0. The lowest BCUT2D eigenvalue weighted by Gasteiger charge is -2.29. The third-order valence-electron chi connectivity index (χ3n) is 4.27. The molecular formula is C18H23N3. The second-order valence-corrected chi connectivity index (χ2v) is 6.20. The maximum absolute atomic E-state index is 4.66. The molecule has 3 nitrogen and oxygen atoms in total. The molecule has 1 fully saturated rings. The van der Waals surface area contributed by atoms with Gasteiger partial charge in [-0.3, -0.25) is 9.97 Å². The van der Waals surface area contributed by atoms with E-state index in [1.54, 1.807) is 0 Å². The van der Waals surface area contributed by atoms with Crippen LogP contribution >= 0.6 is 0 Å². The van der Waals surface area contributed by atoms with Crippen molar-refractivity contribution < 1.29 is 0 Å². The van der Waals surface area contributed by atoms with Crippen LogP contribution in [0, 0.1) is 6.92 Å². The van der Waals surface area contributed by atoms with Gasteiger partial charge in [-0.05, 0) is 38.9 Å². The standard InChI is InChI=1S/C18H23N3/c1-14-5-7-15(8-6-14)10-17-11-20-18(12-19-17)16-4-3-9-21(2)13-16/h5-8,11-12,16H,3-4,9-10,13H2,1-2H3. The second-order valence-electron chi connectivity index (χ2n) is 6.20. The first kappa shape index (κ1) is 14.2. The number of piperidine rings is 1. The monoisotopic (exact) mass is 281 g/mol. The number of likely N-dealkylation sites (N-methyl/N-ethyl adjacent to an activating group) is 1. The van der Waals surface area contributed by atoms with E-state index >= 15 is 0 Å². The lowest BCUT2D eigenvalue weighted by Crippen LogP contribution is -2.31. The maximum Gasteiger partial charge on any atom is 0.0630 e. The second kappa shape index (κ2) is 6.35. The molecule has 0 radical (unpaired) electrons. The van der Waals surface area contributed by atoms with Gasteiger partial charge in [-0.15, -0.1) is 0 Å². The van der Waals surface area contributed by atoms with Crippen LogP contribution in [0.4, 0.5) is 0 Å². The van der Waals surface area contributed by atoms with Gasteiger partial charge in [0.15, 0.2) is 0 Å². The van der Waals surface area contributed by atoms with E-state index in [1.807, 2.05) is 12.4 Å². The molecule has 1 aliphatic rings. The first-order chi connectivity index (χ1) is 10.2. The molecule has 1 unspecified atom stereocenters. The predicted molar refractivity (Wildman–Crippen MR) is 85.5 cm³/mol. The van der Waals surface area contributed by atoms with Crippen molar-refractivity contribution in [3.05, 3.63) is 59.2 Å². The Kier molecular flexibility index (Phi) is 4.30. The largest absolute Gasteiger partial charge is 0.306 e. The van der Waals surface area contributed by atoms with Crippen LogP contribution < -0.4 is 0 Å². The molecule has 2 aromatic rings. The summed E-state index contributed by atoms with van der Waals surface area (Å²) in [6, 6.07) is 8.63. The van der Waals surface area contributed by atoms with Crippen LogP contribution in [0.5, 0.6) is 0 Å². The van der Waals surface area contributed by atoms with Gasteiger partial charge in [0.25, 0.3) is 0 Å². The van der Waals surface area contributed by atoms with Crippen molar-refractivity contribution in [2.45, 2.75) is 32.1 Å². The van der Waals surface area contributed by atoms with Crippen LogP contribution in [0.1, 0.15) is 41.3 Å². The number of likely N-dealkylation sites (tertiary alicyclic amines) is 1. The van der Waals surface area contributed by atoms with Gasteiger partial charge in [0, 0.05) is 31.3 Å². The van der Waals surface area contributed by atoms with Crippen molar-refractivity contribution in [2.24, 2.45) is 0 Å². The summed E-state index contributed by atoms with van der Waals surface area (Å²) >= 11 is 0. The van der Waals surface area contributed by atoms with Gasteiger partial charge in [0.2, 0.25) is 0 Å². The molecule has 3 heteroatoms. The summed E-state index contributed by atoms with van der Waals surface area (Å²) in [5, 5.41) is 0. The number of aromatic nitrogens is 2. The number of rotatable bonds is 3. The summed E-state index contributed by atoms with van der Waals surface area (Å²) in [6.45, 7) is 4.42. The molecule has 21 heavy (non-hydrogen) atoms. The van der Waals surface area contributed by atoms with Crippen molar-refractivity contribution in [1.29, 1.82) is 0 Å². The van der Waals surface area contributed by atoms with Gasteiger partial charge in [-0.25, -0.2) is 0 Å². The van der Waals surface area contributed by atoms with E-state index in [-0.39, 0.29) is 0 Å². The van der Waals surface area contributed by atoms with E-state index in [4.69, 9.17) is 0 Å². The Morgan fingerprint density at radius 3 is 2.62 bits per heavy atom. The molecular weight excluding hydrogens is 258 g/mol. The zero-order valence-electron chi connectivity index (χ0n) is 12.9. The summed E-state index contributed by atoms with van der Waals surface area (Å²) in [6.07, 6.45) is 7.28. The third kappa shape index (κ3) is 3.67. The zero-order chi connectivity index (χ0) is 14.7. The first-order valence-corrected chi connectivity index (χ1v) is 7.75. The fourth-order valence-corrected chi connectivity index (χ4v) is 2.99. The molecule has 0 N–H and O–H groups in total. The first-order valence-electron chi connectivity index (χ1n) is 7.75. The predicted octanol–water partition coefficient (Wildman–Crippen LogP) is 3.19. The summed E-state index contributed by atoms with van der Waals surface area (Å²) in [4.78, 5) is 11.7. The molecule has 0 saturated carbocycles. The van der Waals surface area contributed by atoms with E-state index in [0.29, 0.717) is 5.92 Å². The van der Waals surface area contributed by atoms with Crippen molar-refractivity contribution in [1.82, 2.24) is 14.9 Å². The van der Waals surface area contributed by atoms with Crippen LogP contribution in [-0.4, -0.2) is 35.0 Å². The minimum Gasteiger partial charge on any atom is -0.306 e. The lowest BCUT2D eigenvalue weighted by atomic mass is 9.95. The number of nitrogens with zero attached hydrogens (tertiary/aromatic N) is 3. The highest BCUT2D eigenvalue weighted by molar-refractivity contribution is 5.25. The van der Waals surface area contributed by atoms with Crippen molar-refractivity contribution in [2.75, 3.05) is 20.1 Å². The molecule has 110 valence electrons. The van der Waals surface area contributed by atoms with Crippen LogP contribution in [0.15, 0.2) is 36.7 Å². The Hall–Kier alpha value is -1.74. The van der Waals surface area contributed by atoms with Crippen LogP contribution in [0.25, 0.3) is 0 Å². The molecule has 3 rings (SSSR count). The van der Waals surface area contributed by atoms with Crippen molar-refractivity contribution in [3.63, 3.8) is 0 Å². The maximum atomic E-state index is 4.66. The molecule has 0 bridgehead atoms. The van der Waals surface area contributed by atoms with Crippen molar-refractivity contribution in [3.8, 4) is 0 Å². The van der Waals surface area contributed by atoms with Gasteiger partial charge in [0.1, 0.15) is 0 Å². The molecule has 1 aromatic heterocycles. The highest BCUT2D eigenvalue weighted by Crippen LogP contribution is 2.24. The van der Waals surface area contributed by atoms with E-state index < -0.39 is 0 Å². The smallest absolute Gasteiger partial charge is 0.0630 e. The van der Waals surface area contributed by atoms with Gasteiger partial charge < -0.3 is 4.90 Å². The molecule has 1 atom stereocenters. The molecule has 0 spiro atoms. The Balaban J connectivity index is 1.67. The highest BCUT2D eigenvalue weighted by Gasteiger charge is 2.20. The van der Waals surface area contributed by atoms with Gasteiger partial charge >= 0.3 is 0 Å². The molecule has 2 heterocycles. The SMILES string of the molecule is Cc1ccc(Cc2cnc(C3CCCN(C)C3)cn2)cc1. The minimum atomic E-state index is 0.546. The third-order valence-corrected chi connectivity index (χ3v) is 4.27. The van der Waals surface area contributed by atoms with Crippen LogP contribution in [0.3, 0.4) is 0 Å². The van der Waals surface area contributed by atoms with Gasteiger partial charge in [0.05, 0.1) is 11.4 Å². The number of aryl methyl sites for hydroxylation is 1. The van der Waals surface area contributed by atoms with Gasteiger partial charge in [-0.1, -0.05) is 29.8 Å². The van der Waals surface area contributed by atoms with Gasteiger partial charge in [-0.2, -0.15) is 0 Å². The molecule has 1 saturated heterocycles. The molecule has 1 aromatic carbocycles. The van der Waals surface area contributed by atoms with Crippen molar-refractivity contribution >= 4 is 0 Å². The average Bonchev–Trinajstić information content (AvgIpc) is 2.50. The fourth-order valence-electron chi connectivity index (χ4n) is 2.99. The van der Waals surface area contributed by atoms with E-state index in [0.717, 1.165) is 24.4 Å². The fraction of sp³-hybridized carbons (Fsp3) is 0.444. The molecule has 1 aliphatic heterocycles. The summed E-state index contributed by atoms with van der Waals surface area (Å²) in [5.74, 6) is 0.546. The average molecular weight is 281 g/mol. The molecule has 0 amide bonds. The van der Waals surface area contributed by atoms with E-state index in [9.17, 15) is 0 Å². The zero-order valence-corrected chi connectivity index (χ0v) is 12.9. The normalized spacial score (nSPS) is 19.6. The Labute approximate surface area is 127 Å².